The lowest BCUT2D eigenvalue weighted by molar-refractivity contribution is 0.102. The quantitative estimate of drug-likeness (QED) is 0.378. The molecular weight excluding hydrogens is 490 g/mol. The Morgan fingerprint density at radius 2 is 1.51 bits per heavy atom. The van der Waals surface area contributed by atoms with Crippen LogP contribution in [-0.2, 0) is 15.9 Å². The van der Waals surface area contributed by atoms with E-state index in [0.29, 0.717) is 22.6 Å². The van der Waals surface area contributed by atoms with Gasteiger partial charge in [0.1, 0.15) is 11.4 Å². The zero-order chi connectivity index (χ0) is 27.3. The number of rotatable bonds is 7. The zero-order valence-corrected chi connectivity index (χ0v) is 22.6. The van der Waals surface area contributed by atoms with Crippen molar-refractivity contribution in [3.05, 3.63) is 82.9 Å². The van der Waals surface area contributed by atoms with Crippen LogP contribution in [0.2, 0.25) is 0 Å². The van der Waals surface area contributed by atoms with Crippen LogP contribution >= 0.6 is 0 Å². The highest BCUT2D eigenvalue weighted by Gasteiger charge is 2.22. The predicted octanol–water partition coefficient (Wildman–Crippen LogP) is 6.31. The van der Waals surface area contributed by atoms with E-state index in [1.807, 2.05) is 26.0 Å². The maximum atomic E-state index is 13.4. The molecule has 3 aromatic carbocycles. The van der Waals surface area contributed by atoms with Crippen molar-refractivity contribution < 1.29 is 22.7 Å². The van der Waals surface area contributed by atoms with Crippen LogP contribution in [0, 0.1) is 0 Å². The molecule has 0 unspecified atom stereocenters. The monoisotopic (exact) mass is 521 g/mol. The van der Waals surface area contributed by atoms with Crippen molar-refractivity contribution in [3.8, 4) is 5.75 Å². The number of carbonyl (C=O) groups excluding carboxylic acids is 2. The molecule has 0 aliphatic rings. The van der Waals surface area contributed by atoms with Crippen LogP contribution in [0.5, 0.6) is 5.75 Å². The number of nitrogens with one attached hydrogen (secondary N) is 2. The van der Waals surface area contributed by atoms with E-state index in [2.05, 4.69) is 35.8 Å². The van der Waals surface area contributed by atoms with E-state index in [4.69, 9.17) is 4.74 Å². The highest BCUT2D eigenvalue weighted by atomic mass is 32.2. The van der Waals surface area contributed by atoms with Gasteiger partial charge in [0.15, 0.2) is 0 Å². The molecule has 0 heterocycles. The largest absolute Gasteiger partial charge is 0.497 e. The molecule has 2 amide bonds. The highest BCUT2D eigenvalue weighted by molar-refractivity contribution is 7.61. The van der Waals surface area contributed by atoms with E-state index in [1.54, 1.807) is 55.6 Å². The smallest absolute Gasteiger partial charge is 0.316 e. The van der Waals surface area contributed by atoms with Crippen LogP contribution in [-0.4, -0.2) is 27.3 Å². The van der Waals surface area contributed by atoms with Crippen molar-refractivity contribution >= 4 is 39.4 Å². The molecule has 194 valence electrons. The van der Waals surface area contributed by atoms with E-state index in [0.717, 1.165) is 5.56 Å². The summed E-state index contributed by atoms with van der Waals surface area (Å²) in [6.07, 6.45) is 0. The summed E-state index contributed by atoms with van der Waals surface area (Å²) in [6.45, 7) is 10.0. The van der Waals surface area contributed by atoms with Gasteiger partial charge in [-0.1, -0.05) is 46.8 Å². The number of hydrogen-bond donors (Lipinski definition) is 2. The first-order chi connectivity index (χ1) is 17.4. The summed E-state index contributed by atoms with van der Waals surface area (Å²) in [5.41, 5.74) is 2.59. The van der Waals surface area contributed by atoms with Crippen LogP contribution in [0.3, 0.4) is 0 Å². The lowest BCUT2D eigenvalue weighted by Crippen LogP contribution is -2.19. The Hall–Kier alpha value is -3.98. The minimum absolute atomic E-state index is 0.00418. The number of carbonyl (C=O) groups is 2. The lowest BCUT2D eigenvalue weighted by atomic mass is 9.86. The standard InChI is InChI=1S/C28H31N3O5S/c1-17(2)19-15-23(27(33)29-21-11-13-22(36-6)14-12-21)25(24(16-19)31-37(34)35)30-26(32)18-7-9-20(10-8-18)28(3,4)5/h7-17H,1-6H3,(H,29,33)(H,30,32). The Morgan fingerprint density at radius 1 is 0.892 bits per heavy atom. The molecule has 2 N–H and O–H groups in total. The molecule has 8 nitrogen and oxygen atoms in total. The van der Waals surface area contributed by atoms with Gasteiger partial charge in [-0.2, -0.15) is 8.42 Å². The molecule has 0 aliphatic carbocycles. The van der Waals surface area contributed by atoms with Gasteiger partial charge in [0.05, 0.1) is 18.4 Å². The first-order valence-corrected chi connectivity index (χ1v) is 12.8. The maximum absolute atomic E-state index is 13.4. The molecule has 0 bridgehead atoms. The topological polar surface area (TPSA) is 114 Å². The maximum Gasteiger partial charge on any atom is 0.316 e. The molecule has 3 rings (SSSR count). The van der Waals surface area contributed by atoms with Crippen molar-refractivity contribution in [1.29, 1.82) is 0 Å². The average Bonchev–Trinajstić information content (AvgIpc) is 2.84. The van der Waals surface area contributed by atoms with Crippen LogP contribution in [0.1, 0.15) is 72.4 Å². The molecule has 0 fully saturated rings. The molecule has 0 atom stereocenters. The fourth-order valence-electron chi connectivity index (χ4n) is 3.62. The van der Waals surface area contributed by atoms with Crippen molar-refractivity contribution in [2.75, 3.05) is 17.7 Å². The van der Waals surface area contributed by atoms with E-state index in [-0.39, 0.29) is 28.3 Å². The second-order valence-corrected chi connectivity index (χ2v) is 10.5. The molecule has 0 saturated carbocycles. The molecule has 3 aromatic rings. The van der Waals surface area contributed by atoms with Gasteiger partial charge < -0.3 is 15.4 Å². The highest BCUT2D eigenvalue weighted by Crippen LogP contribution is 2.35. The molecular formula is C28H31N3O5S. The number of nitrogens with zero attached hydrogens (tertiary/aromatic N) is 1. The third-order valence-corrected chi connectivity index (χ3v) is 6.17. The Kier molecular flexibility index (Phi) is 8.49. The molecule has 0 spiro atoms. The van der Waals surface area contributed by atoms with E-state index in [9.17, 15) is 18.0 Å². The van der Waals surface area contributed by atoms with E-state index >= 15 is 0 Å². The molecule has 37 heavy (non-hydrogen) atoms. The summed E-state index contributed by atoms with van der Waals surface area (Å²) in [5.74, 6) is -0.427. The molecule has 0 aromatic heterocycles. The van der Waals surface area contributed by atoms with Gasteiger partial charge in [0.2, 0.25) is 0 Å². The van der Waals surface area contributed by atoms with Crippen molar-refractivity contribution in [3.63, 3.8) is 0 Å². The Morgan fingerprint density at radius 3 is 2.03 bits per heavy atom. The number of methoxy groups -OCH3 is 1. The van der Waals surface area contributed by atoms with Crippen molar-refractivity contribution in [2.45, 2.75) is 46.0 Å². The SMILES string of the molecule is COc1ccc(NC(=O)c2cc(C(C)C)cc(N=S(=O)=O)c2NC(=O)c2ccc(C(C)(C)C)cc2)cc1. The van der Waals surface area contributed by atoms with E-state index < -0.39 is 22.3 Å². The number of hydrogen-bond acceptors (Lipinski definition) is 6. The Labute approximate surface area is 218 Å². The van der Waals surface area contributed by atoms with Gasteiger partial charge >= 0.3 is 10.5 Å². The van der Waals surface area contributed by atoms with Crippen LogP contribution in [0.15, 0.2) is 65.0 Å². The molecule has 0 aliphatic heterocycles. The lowest BCUT2D eigenvalue weighted by Gasteiger charge is -2.19. The molecule has 0 saturated heterocycles. The Bertz CT molecular complexity index is 1430. The number of amides is 2. The summed E-state index contributed by atoms with van der Waals surface area (Å²) >= 11 is 0. The van der Waals surface area contributed by atoms with Gasteiger partial charge in [-0.05, 0) is 71.0 Å². The number of anilines is 2. The average molecular weight is 522 g/mol. The van der Waals surface area contributed by atoms with Gasteiger partial charge in [0.25, 0.3) is 11.8 Å². The van der Waals surface area contributed by atoms with Crippen LogP contribution in [0.25, 0.3) is 0 Å². The fourth-order valence-corrected chi connectivity index (χ4v) is 3.93. The van der Waals surface area contributed by atoms with Crippen molar-refractivity contribution in [1.82, 2.24) is 0 Å². The normalized spacial score (nSPS) is 11.1. The second-order valence-electron chi connectivity index (χ2n) is 9.89. The molecule has 9 heteroatoms. The van der Waals surface area contributed by atoms with Gasteiger partial charge in [-0.15, -0.1) is 4.36 Å². The summed E-state index contributed by atoms with van der Waals surface area (Å²) in [5, 5.41) is 5.52. The van der Waals surface area contributed by atoms with Gasteiger partial charge in [-0.3, -0.25) is 9.59 Å². The first-order valence-electron chi connectivity index (χ1n) is 11.8. The predicted molar refractivity (Wildman–Crippen MR) is 146 cm³/mol. The van der Waals surface area contributed by atoms with Crippen molar-refractivity contribution in [2.24, 2.45) is 4.36 Å². The van der Waals surface area contributed by atoms with Gasteiger partial charge in [-0.25, -0.2) is 0 Å². The van der Waals surface area contributed by atoms with E-state index in [1.165, 1.54) is 0 Å². The van der Waals surface area contributed by atoms with Crippen LogP contribution < -0.4 is 15.4 Å². The summed E-state index contributed by atoms with van der Waals surface area (Å²) in [6, 6.07) is 17.1. The number of benzene rings is 3. The summed E-state index contributed by atoms with van der Waals surface area (Å²) in [7, 11) is -1.26. The summed E-state index contributed by atoms with van der Waals surface area (Å²) < 4.78 is 31.9. The second kappa shape index (κ2) is 11.4. The third-order valence-electron chi connectivity index (χ3n) is 5.82. The molecule has 0 radical (unpaired) electrons. The number of ether oxygens (including phenoxy) is 1. The third kappa shape index (κ3) is 7.04. The van der Waals surface area contributed by atoms with Crippen LogP contribution in [0.4, 0.5) is 17.1 Å². The minimum atomic E-state index is -2.81. The minimum Gasteiger partial charge on any atom is -0.497 e. The van der Waals surface area contributed by atoms with Gasteiger partial charge in [0, 0.05) is 11.3 Å². The summed E-state index contributed by atoms with van der Waals surface area (Å²) in [4.78, 5) is 26.6. The first kappa shape index (κ1) is 27.6. The fraction of sp³-hybridized carbons (Fsp3) is 0.286. The Balaban J connectivity index is 2.07. The zero-order valence-electron chi connectivity index (χ0n) is 21.7.